The first kappa shape index (κ1) is 13.3. The van der Waals surface area contributed by atoms with Gasteiger partial charge in [0.15, 0.2) is 0 Å². The predicted octanol–water partition coefficient (Wildman–Crippen LogP) is 1.77. The van der Waals surface area contributed by atoms with Crippen molar-refractivity contribution in [3.8, 4) is 0 Å². The first-order valence-electron chi connectivity index (χ1n) is 8.19. The van der Waals surface area contributed by atoms with E-state index in [1.165, 1.54) is 19.4 Å². The van der Waals surface area contributed by atoms with Gasteiger partial charge in [0.25, 0.3) is 0 Å². The van der Waals surface area contributed by atoms with E-state index < -0.39 is 0 Å². The Kier molecular flexibility index (Phi) is 3.42. The highest BCUT2D eigenvalue weighted by Crippen LogP contribution is 2.36. The van der Waals surface area contributed by atoms with Crippen LogP contribution in [0.4, 0.5) is 0 Å². The van der Waals surface area contributed by atoms with Gasteiger partial charge >= 0.3 is 0 Å². The maximum Gasteiger partial charge on any atom is 0.227 e. The Hall–Kier alpha value is -1.42. The van der Waals surface area contributed by atoms with Gasteiger partial charge in [0, 0.05) is 45.1 Å². The average molecular weight is 285 g/mol. The van der Waals surface area contributed by atoms with E-state index in [4.69, 9.17) is 0 Å². The third-order valence-electron chi connectivity index (χ3n) is 5.22. The minimum atomic E-state index is 0.245. The van der Waals surface area contributed by atoms with Crippen LogP contribution in [0.25, 0.3) is 0 Å². The Bertz CT molecular complexity index is 514. The van der Waals surface area contributed by atoms with E-state index in [1.54, 1.807) is 6.20 Å². The van der Waals surface area contributed by atoms with E-state index in [0.29, 0.717) is 11.8 Å². The van der Waals surface area contributed by atoms with Crippen molar-refractivity contribution in [1.29, 1.82) is 0 Å². The summed E-state index contributed by atoms with van der Waals surface area (Å²) in [6, 6.07) is 4.00. The number of rotatable bonds is 4. The van der Waals surface area contributed by atoms with Crippen molar-refractivity contribution in [3.05, 3.63) is 30.1 Å². The topological polar surface area (TPSA) is 36.4 Å². The number of amides is 1. The van der Waals surface area contributed by atoms with Crippen molar-refractivity contribution in [3.63, 3.8) is 0 Å². The van der Waals surface area contributed by atoms with E-state index in [-0.39, 0.29) is 5.92 Å². The minimum absolute atomic E-state index is 0.245. The number of carbonyl (C=O) groups is 1. The van der Waals surface area contributed by atoms with Gasteiger partial charge in [-0.3, -0.25) is 9.78 Å². The summed E-state index contributed by atoms with van der Waals surface area (Å²) >= 11 is 0. The van der Waals surface area contributed by atoms with Crippen LogP contribution in [0, 0.1) is 17.8 Å². The lowest BCUT2D eigenvalue weighted by Gasteiger charge is -2.33. The normalized spacial score (nSPS) is 29.7. The van der Waals surface area contributed by atoms with Crippen molar-refractivity contribution in [1.82, 2.24) is 14.8 Å². The van der Waals surface area contributed by atoms with Gasteiger partial charge in [0.1, 0.15) is 0 Å². The average Bonchev–Trinajstić information content (AvgIpc) is 3.21. The van der Waals surface area contributed by atoms with E-state index in [1.807, 2.05) is 17.2 Å². The molecule has 1 aromatic heterocycles. The number of likely N-dealkylation sites (tertiary alicyclic amines) is 2. The molecule has 0 aromatic carbocycles. The van der Waals surface area contributed by atoms with E-state index in [2.05, 4.69) is 16.0 Å². The van der Waals surface area contributed by atoms with Crippen LogP contribution in [0.2, 0.25) is 0 Å². The van der Waals surface area contributed by atoms with Gasteiger partial charge in [-0.15, -0.1) is 0 Å². The number of hydrogen-bond acceptors (Lipinski definition) is 3. The molecular formula is C17H23N3O. The molecule has 3 aliphatic rings. The lowest BCUT2D eigenvalue weighted by atomic mass is 9.88. The molecule has 0 spiro atoms. The van der Waals surface area contributed by atoms with Crippen LogP contribution >= 0.6 is 0 Å². The Morgan fingerprint density at radius 1 is 1.24 bits per heavy atom. The van der Waals surface area contributed by atoms with Gasteiger partial charge < -0.3 is 9.80 Å². The number of aromatic nitrogens is 1. The fraction of sp³-hybridized carbons (Fsp3) is 0.647. The molecule has 1 aromatic rings. The highest BCUT2D eigenvalue weighted by atomic mass is 16.2. The van der Waals surface area contributed by atoms with E-state index >= 15 is 0 Å². The van der Waals surface area contributed by atoms with Gasteiger partial charge in [-0.05, 0) is 42.7 Å². The van der Waals surface area contributed by atoms with Crippen molar-refractivity contribution < 1.29 is 4.79 Å². The second-order valence-corrected chi connectivity index (χ2v) is 6.94. The summed E-state index contributed by atoms with van der Waals surface area (Å²) in [6.07, 6.45) is 7.61. The number of fused-ring (bicyclic) bond motifs is 1. The Morgan fingerprint density at radius 3 is 2.90 bits per heavy atom. The van der Waals surface area contributed by atoms with Crippen LogP contribution < -0.4 is 0 Å². The summed E-state index contributed by atoms with van der Waals surface area (Å²) in [5.41, 5.74) is 1.14. The Labute approximate surface area is 126 Å². The Morgan fingerprint density at radius 2 is 2.14 bits per heavy atom. The molecule has 21 heavy (non-hydrogen) atoms. The monoisotopic (exact) mass is 285 g/mol. The first-order valence-corrected chi connectivity index (χ1v) is 8.19. The molecule has 0 unspecified atom stereocenters. The quantitative estimate of drug-likeness (QED) is 0.846. The largest absolute Gasteiger partial charge is 0.338 e. The van der Waals surface area contributed by atoms with Gasteiger partial charge in [-0.2, -0.15) is 0 Å². The van der Waals surface area contributed by atoms with Crippen molar-refractivity contribution in [2.75, 3.05) is 26.2 Å². The molecule has 1 amide bonds. The van der Waals surface area contributed by atoms with Gasteiger partial charge in [0.2, 0.25) is 5.91 Å². The maximum absolute atomic E-state index is 12.7. The van der Waals surface area contributed by atoms with Crippen LogP contribution in [0.3, 0.4) is 0 Å². The molecule has 3 fully saturated rings. The molecule has 1 saturated carbocycles. The van der Waals surface area contributed by atoms with Crippen molar-refractivity contribution in [2.45, 2.75) is 25.8 Å². The fourth-order valence-electron chi connectivity index (χ4n) is 3.88. The highest BCUT2D eigenvalue weighted by molar-refractivity contribution is 5.80. The number of carbonyl (C=O) groups excluding carboxylic acids is 1. The summed E-state index contributed by atoms with van der Waals surface area (Å²) in [5, 5.41) is 0. The van der Waals surface area contributed by atoms with Gasteiger partial charge in [0.05, 0.1) is 5.92 Å². The fourth-order valence-corrected chi connectivity index (χ4v) is 3.88. The molecule has 0 radical (unpaired) electrons. The molecule has 1 aliphatic carbocycles. The molecular weight excluding hydrogens is 262 g/mol. The van der Waals surface area contributed by atoms with Crippen LogP contribution in [0.5, 0.6) is 0 Å². The van der Waals surface area contributed by atoms with Gasteiger partial charge in [-0.1, -0.05) is 6.07 Å². The molecule has 3 heterocycles. The Balaban J connectivity index is 1.40. The second-order valence-electron chi connectivity index (χ2n) is 6.94. The summed E-state index contributed by atoms with van der Waals surface area (Å²) in [5.74, 6) is 2.13. The number of hydrogen-bond donors (Lipinski definition) is 0. The highest BCUT2D eigenvalue weighted by Gasteiger charge is 2.43. The van der Waals surface area contributed by atoms with E-state index in [0.717, 1.165) is 44.1 Å². The minimum Gasteiger partial charge on any atom is -0.338 e. The van der Waals surface area contributed by atoms with E-state index in [9.17, 15) is 4.79 Å². The number of piperidine rings is 1. The van der Waals surface area contributed by atoms with Crippen molar-refractivity contribution >= 4 is 5.91 Å². The second kappa shape index (κ2) is 5.41. The number of nitrogens with zero attached hydrogens (tertiary/aromatic N) is 3. The molecule has 0 N–H and O–H groups in total. The summed E-state index contributed by atoms with van der Waals surface area (Å²) in [7, 11) is 0. The molecule has 4 rings (SSSR count). The zero-order valence-electron chi connectivity index (χ0n) is 12.4. The van der Waals surface area contributed by atoms with Crippen LogP contribution in [0.15, 0.2) is 24.5 Å². The van der Waals surface area contributed by atoms with Crippen molar-refractivity contribution in [2.24, 2.45) is 17.8 Å². The SMILES string of the molecule is O=C1[C@H]2CN(CC3CC3)C[C@@H]2CCN1Cc1cccnc1. The zero-order valence-corrected chi connectivity index (χ0v) is 12.4. The van der Waals surface area contributed by atoms with Gasteiger partial charge in [-0.25, -0.2) is 0 Å². The lowest BCUT2D eigenvalue weighted by molar-refractivity contribution is -0.140. The standard InChI is InChI=1S/C17H23N3O/c21-17-16-12-19(9-13-3-4-13)11-15(16)5-7-20(17)10-14-2-1-6-18-8-14/h1-2,6,8,13,15-16H,3-5,7,9-12H2/t15-,16-/m0/s1. The lowest BCUT2D eigenvalue weighted by Crippen LogP contribution is -2.44. The molecule has 4 nitrogen and oxygen atoms in total. The maximum atomic E-state index is 12.7. The third-order valence-corrected chi connectivity index (χ3v) is 5.22. The first-order chi connectivity index (χ1) is 10.3. The zero-order chi connectivity index (χ0) is 14.2. The van der Waals surface area contributed by atoms with Crippen LogP contribution in [-0.2, 0) is 11.3 Å². The molecule has 4 heteroatoms. The molecule has 2 atom stereocenters. The smallest absolute Gasteiger partial charge is 0.227 e. The predicted molar refractivity (Wildman–Crippen MR) is 80.4 cm³/mol. The molecule has 112 valence electrons. The molecule has 2 aliphatic heterocycles. The molecule has 0 bridgehead atoms. The summed E-state index contributed by atoms with van der Waals surface area (Å²) in [6.45, 7) is 4.99. The third kappa shape index (κ3) is 2.82. The summed E-state index contributed by atoms with van der Waals surface area (Å²) < 4.78 is 0. The van der Waals surface area contributed by atoms with Crippen LogP contribution in [0.1, 0.15) is 24.8 Å². The van der Waals surface area contributed by atoms with Crippen LogP contribution in [-0.4, -0.2) is 46.9 Å². The number of pyridine rings is 1. The summed E-state index contributed by atoms with van der Waals surface area (Å²) in [4.78, 5) is 21.5. The molecule has 2 saturated heterocycles.